The lowest BCUT2D eigenvalue weighted by atomic mass is 10.0. The fraction of sp³-hybridized carbons (Fsp3) is 0.562. The lowest BCUT2D eigenvalue weighted by Crippen LogP contribution is -2.36. The average Bonchev–Trinajstić information content (AvgIpc) is 2.42. The van der Waals surface area contributed by atoms with Gasteiger partial charge in [0.2, 0.25) is 5.91 Å². The van der Waals surface area contributed by atoms with Gasteiger partial charge < -0.3 is 10.6 Å². The van der Waals surface area contributed by atoms with E-state index in [-0.39, 0.29) is 5.91 Å². The van der Waals surface area contributed by atoms with Crippen LogP contribution >= 0.6 is 0 Å². The number of carbonyl (C=O) groups is 1. The third-order valence-electron chi connectivity index (χ3n) is 3.62. The molecule has 1 unspecified atom stereocenters. The minimum atomic E-state index is 0.114. The molecule has 0 saturated carbocycles. The minimum Gasteiger partial charge on any atom is -0.326 e. The van der Waals surface area contributed by atoms with Gasteiger partial charge in [0.05, 0.1) is 0 Å². The summed E-state index contributed by atoms with van der Waals surface area (Å²) in [5.74, 6) is 0.114. The monoisotopic (exact) mass is 260 g/mol. The predicted octanol–water partition coefficient (Wildman–Crippen LogP) is 3.11. The van der Waals surface area contributed by atoms with Crippen molar-refractivity contribution in [3.63, 3.8) is 0 Å². The fourth-order valence-corrected chi connectivity index (χ4v) is 2.58. The molecule has 0 aromatic heterocycles. The molecule has 1 aliphatic heterocycles. The van der Waals surface area contributed by atoms with E-state index < -0.39 is 0 Å². The molecule has 1 amide bonds. The predicted molar refractivity (Wildman–Crippen MR) is 79.3 cm³/mol. The van der Waals surface area contributed by atoms with Gasteiger partial charge in [-0.25, -0.2) is 0 Å². The molecule has 2 rings (SSSR count). The van der Waals surface area contributed by atoms with Crippen molar-refractivity contribution in [1.82, 2.24) is 5.32 Å². The van der Waals surface area contributed by atoms with Crippen molar-refractivity contribution in [3.05, 3.63) is 29.8 Å². The number of rotatable bonds is 5. The number of amides is 1. The van der Waals surface area contributed by atoms with Crippen LogP contribution in [0.25, 0.3) is 0 Å². The normalized spacial score (nSPS) is 19.1. The Balaban J connectivity index is 1.80. The Morgan fingerprint density at radius 3 is 2.74 bits per heavy atom. The van der Waals surface area contributed by atoms with E-state index >= 15 is 0 Å². The van der Waals surface area contributed by atoms with E-state index in [2.05, 4.69) is 29.7 Å². The Hall–Kier alpha value is -1.35. The first kappa shape index (κ1) is 14.1. The number of hydrogen-bond acceptors (Lipinski definition) is 2. The van der Waals surface area contributed by atoms with E-state index in [9.17, 15) is 4.79 Å². The van der Waals surface area contributed by atoms with Crippen molar-refractivity contribution in [2.45, 2.75) is 51.5 Å². The van der Waals surface area contributed by atoms with Crippen LogP contribution in [-0.2, 0) is 11.2 Å². The molecule has 2 N–H and O–H groups in total. The van der Waals surface area contributed by atoms with Gasteiger partial charge >= 0.3 is 0 Å². The molecule has 1 saturated heterocycles. The second kappa shape index (κ2) is 7.29. The zero-order valence-corrected chi connectivity index (χ0v) is 11.7. The van der Waals surface area contributed by atoms with Crippen LogP contribution in [0.3, 0.4) is 0 Å². The molecule has 1 aliphatic rings. The largest absolute Gasteiger partial charge is 0.326 e. The number of hydrogen-bond donors (Lipinski definition) is 2. The number of piperidine rings is 1. The molecule has 0 aliphatic carbocycles. The molecule has 0 spiro atoms. The first-order valence-corrected chi connectivity index (χ1v) is 7.40. The van der Waals surface area contributed by atoms with Crippen LogP contribution in [0, 0.1) is 0 Å². The van der Waals surface area contributed by atoms with Gasteiger partial charge in [0, 0.05) is 18.2 Å². The maximum absolute atomic E-state index is 11.9. The standard InChI is InChI=1S/C16H24N2O/c1-2-5-13-7-9-14(10-8-13)18-16(19)12-15-6-3-4-11-17-15/h7-10,15,17H,2-6,11-12H2,1H3,(H,18,19). The van der Waals surface area contributed by atoms with Gasteiger partial charge in [-0.05, 0) is 43.5 Å². The Labute approximate surface area is 115 Å². The maximum Gasteiger partial charge on any atom is 0.225 e. The molecule has 1 aromatic carbocycles. The molecule has 0 radical (unpaired) electrons. The highest BCUT2D eigenvalue weighted by molar-refractivity contribution is 5.91. The van der Waals surface area contributed by atoms with Gasteiger partial charge in [-0.2, -0.15) is 0 Å². The van der Waals surface area contributed by atoms with Crippen molar-refractivity contribution < 1.29 is 4.79 Å². The lowest BCUT2D eigenvalue weighted by Gasteiger charge is -2.22. The third kappa shape index (κ3) is 4.67. The van der Waals surface area contributed by atoms with E-state index in [4.69, 9.17) is 0 Å². The van der Waals surface area contributed by atoms with Crippen LogP contribution in [0.4, 0.5) is 5.69 Å². The van der Waals surface area contributed by atoms with Crippen molar-refractivity contribution in [2.75, 3.05) is 11.9 Å². The van der Waals surface area contributed by atoms with Crippen LogP contribution in [0.5, 0.6) is 0 Å². The molecule has 19 heavy (non-hydrogen) atoms. The Kier molecular flexibility index (Phi) is 5.40. The summed E-state index contributed by atoms with van der Waals surface area (Å²) >= 11 is 0. The Morgan fingerprint density at radius 2 is 2.11 bits per heavy atom. The highest BCUT2D eigenvalue weighted by atomic mass is 16.1. The molecule has 104 valence electrons. The van der Waals surface area contributed by atoms with E-state index in [0.717, 1.165) is 31.5 Å². The van der Waals surface area contributed by atoms with Crippen molar-refractivity contribution in [3.8, 4) is 0 Å². The van der Waals surface area contributed by atoms with Gasteiger partial charge in [0.15, 0.2) is 0 Å². The second-order valence-electron chi connectivity index (χ2n) is 5.35. The van der Waals surface area contributed by atoms with E-state index in [1.54, 1.807) is 0 Å². The SMILES string of the molecule is CCCc1ccc(NC(=O)CC2CCCCN2)cc1. The van der Waals surface area contributed by atoms with Crippen molar-refractivity contribution in [2.24, 2.45) is 0 Å². The van der Waals surface area contributed by atoms with Gasteiger partial charge in [-0.3, -0.25) is 4.79 Å². The summed E-state index contributed by atoms with van der Waals surface area (Å²) in [5.41, 5.74) is 2.23. The molecule has 3 nitrogen and oxygen atoms in total. The van der Waals surface area contributed by atoms with Crippen LogP contribution in [-0.4, -0.2) is 18.5 Å². The molecule has 3 heteroatoms. The molecule has 1 heterocycles. The minimum absolute atomic E-state index is 0.114. The molecule has 1 aromatic rings. The van der Waals surface area contributed by atoms with E-state index in [1.165, 1.54) is 18.4 Å². The third-order valence-corrected chi connectivity index (χ3v) is 3.62. The average molecular weight is 260 g/mol. The van der Waals surface area contributed by atoms with Gasteiger partial charge in [-0.1, -0.05) is 31.9 Å². The summed E-state index contributed by atoms with van der Waals surface area (Å²) in [7, 11) is 0. The highest BCUT2D eigenvalue weighted by Gasteiger charge is 2.16. The zero-order valence-electron chi connectivity index (χ0n) is 11.7. The van der Waals surface area contributed by atoms with Crippen LogP contribution < -0.4 is 10.6 Å². The summed E-state index contributed by atoms with van der Waals surface area (Å²) in [6.07, 6.45) is 6.41. The number of aryl methyl sites for hydroxylation is 1. The second-order valence-corrected chi connectivity index (χ2v) is 5.35. The first-order valence-electron chi connectivity index (χ1n) is 7.40. The number of benzene rings is 1. The lowest BCUT2D eigenvalue weighted by molar-refractivity contribution is -0.116. The summed E-state index contributed by atoms with van der Waals surface area (Å²) in [6, 6.07) is 8.54. The summed E-state index contributed by atoms with van der Waals surface area (Å²) < 4.78 is 0. The van der Waals surface area contributed by atoms with Gasteiger partial charge in [0.25, 0.3) is 0 Å². The quantitative estimate of drug-likeness (QED) is 0.854. The maximum atomic E-state index is 11.9. The van der Waals surface area contributed by atoms with Gasteiger partial charge in [0.1, 0.15) is 0 Å². The Bertz CT molecular complexity index is 394. The summed E-state index contributed by atoms with van der Waals surface area (Å²) in [5, 5.41) is 6.38. The van der Waals surface area contributed by atoms with Crippen LogP contribution in [0.2, 0.25) is 0 Å². The summed E-state index contributed by atoms with van der Waals surface area (Å²) in [4.78, 5) is 11.9. The molecule has 1 fully saturated rings. The fourth-order valence-electron chi connectivity index (χ4n) is 2.58. The van der Waals surface area contributed by atoms with Crippen molar-refractivity contribution in [1.29, 1.82) is 0 Å². The summed E-state index contributed by atoms with van der Waals surface area (Å²) in [6.45, 7) is 3.22. The molecular weight excluding hydrogens is 236 g/mol. The smallest absolute Gasteiger partial charge is 0.225 e. The number of anilines is 1. The van der Waals surface area contributed by atoms with Crippen molar-refractivity contribution >= 4 is 11.6 Å². The Morgan fingerprint density at radius 1 is 1.32 bits per heavy atom. The number of nitrogens with one attached hydrogen (secondary N) is 2. The van der Waals surface area contributed by atoms with E-state index in [0.29, 0.717) is 12.5 Å². The van der Waals surface area contributed by atoms with Crippen LogP contribution in [0.1, 0.15) is 44.6 Å². The van der Waals surface area contributed by atoms with Gasteiger partial charge in [-0.15, -0.1) is 0 Å². The zero-order chi connectivity index (χ0) is 13.5. The first-order chi connectivity index (χ1) is 9.28. The highest BCUT2D eigenvalue weighted by Crippen LogP contribution is 2.14. The van der Waals surface area contributed by atoms with E-state index in [1.807, 2.05) is 12.1 Å². The molecule has 1 atom stereocenters. The molecule has 0 bridgehead atoms. The van der Waals surface area contributed by atoms with Crippen LogP contribution in [0.15, 0.2) is 24.3 Å². The topological polar surface area (TPSA) is 41.1 Å². The number of carbonyl (C=O) groups excluding carboxylic acids is 1. The molecular formula is C16H24N2O.